The van der Waals surface area contributed by atoms with Crippen LogP contribution >= 0.6 is 11.6 Å². The Morgan fingerprint density at radius 3 is 2.86 bits per heavy atom. The lowest BCUT2D eigenvalue weighted by Crippen LogP contribution is -2.21. The standard InChI is InChI=1S/C13H16ClFN6/c1-21(2)6-5-16-12-8-17-20-13(19-12)18-9-3-4-11(15)10(14)7-9/h3-4,7-8H,5-6H2,1-2H3,(H2,16,18,19,20). The number of likely N-dealkylation sites (N-methyl/N-ethyl adjacent to an activating group) is 1. The SMILES string of the molecule is CN(C)CCNc1cnnc(Nc2ccc(F)c(Cl)c2)n1. The molecule has 112 valence electrons. The maximum Gasteiger partial charge on any atom is 0.249 e. The summed E-state index contributed by atoms with van der Waals surface area (Å²) in [5.41, 5.74) is 0.591. The lowest BCUT2D eigenvalue weighted by molar-refractivity contribution is 0.425. The number of nitrogens with one attached hydrogen (secondary N) is 2. The second kappa shape index (κ2) is 7.14. The fraction of sp³-hybridized carbons (Fsp3) is 0.308. The first-order chi connectivity index (χ1) is 10.0. The van der Waals surface area contributed by atoms with Gasteiger partial charge in [0.15, 0.2) is 5.82 Å². The Bertz CT molecular complexity index is 607. The molecule has 1 heterocycles. The van der Waals surface area contributed by atoms with Crippen molar-refractivity contribution in [2.45, 2.75) is 0 Å². The Morgan fingerprint density at radius 1 is 1.33 bits per heavy atom. The van der Waals surface area contributed by atoms with E-state index in [0.717, 1.165) is 13.1 Å². The monoisotopic (exact) mass is 310 g/mol. The topological polar surface area (TPSA) is 66.0 Å². The van der Waals surface area contributed by atoms with Crippen molar-refractivity contribution in [3.8, 4) is 0 Å². The zero-order valence-corrected chi connectivity index (χ0v) is 12.5. The van der Waals surface area contributed by atoms with Gasteiger partial charge in [0.25, 0.3) is 0 Å². The average molecular weight is 311 g/mol. The van der Waals surface area contributed by atoms with Crippen LogP contribution in [0, 0.1) is 5.82 Å². The third kappa shape index (κ3) is 4.80. The smallest absolute Gasteiger partial charge is 0.249 e. The van der Waals surface area contributed by atoms with E-state index < -0.39 is 5.82 Å². The Morgan fingerprint density at radius 2 is 2.14 bits per heavy atom. The summed E-state index contributed by atoms with van der Waals surface area (Å²) in [4.78, 5) is 6.32. The van der Waals surface area contributed by atoms with Gasteiger partial charge in [-0.15, -0.1) is 5.10 Å². The predicted molar refractivity (Wildman–Crippen MR) is 81.6 cm³/mol. The molecule has 0 spiro atoms. The molecule has 21 heavy (non-hydrogen) atoms. The third-order valence-corrected chi connectivity index (χ3v) is 2.89. The van der Waals surface area contributed by atoms with E-state index in [1.165, 1.54) is 12.1 Å². The van der Waals surface area contributed by atoms with E-state index in [-0.39, 0.29) is 5.02 Å². The molecule has 0 fully saturated rings. The van der Waals surface area contributed by atoms with Crippen LogP contribution in [0.1, 0.15) is 0 Å². The van der Waals surface area contributed by atoms with Crippen LogP contribution in [-0.4, -0.2) is 47.3 Å². The summed E-state index contributed by atoms with van der Waals surface area (Å²) < 4.78 is 13.1. The second-order valence-electron chi connectivity index (χ2n) is 4.65. The molecule has 6 nitrogen and oxygen atoms in total. The van der Waals surface area contributed by atoms with Crippen molar-refractivity contribution in [3.63, 3.8) is 0 Å². The van der Waals surface area contributed by atoms with Crippen LogP contribution in [0.2, 0.25) is 5.02 Å². The molecule has 2 aromatic rings. The molecule has 1 aromatic heterocycles. The first-order valence-electron chi connectivity index (χ1n) is 6.35. The van der Waals surface area contributed by atoms with E-state index in [1.807, 2.05) is 14.1 Å². The lowest BCUT2D eigenvalue weighted by atomic mass is 10.3. The third-order valence-electron chi connectivity index (χ3n) is 2.60. The van der Waals surface area contributed by atoms with Crippen LogP contribution in [-0.2, 0) is 0 Å². The molecule has 0 unspecified atom stereocenters. The summed E-state index contributed by atoms with van der Waals surface area (Å²) in [7, 11) is 3.98. The Labute approximate surface area is 127 Å². The Hall–Kier alpha value is -1.99. The number of nitrogens with zero attached hydrogens (tertiary/aromatic N) is 4. The molecule has 8 heteroatoms. The maximum absolute atomic E-state index is 13.1. The summed E-state index contributed by atoms with van der Waals surface area (Å²) in [6, 6.07) is 4.29. The molecule has 0 atom stereocenters. The first-order valence-corrected chi connectivity index (χ1v) is 6.73. The summed E-state index contributed by atoms with van der Waals surface area (Å²) in [6.07, 6.45) is 1.54. The van der Waals surface area contributed by atoms with Gasteiger partial charge in [0.2, 0.25) is 5.95 Å². The molecule has 0 saturated carbocycles. The van der Waals surface area contributed by atoms with E-state index in [9.17, 15) is 4.39 Å². The van der Waals surface area contributed by atoms with Gasteiger partial charge in [-0.25, -0.2) is 4.39 Å². The number of halogens is 2. The Kier molecular flexibility index (Phi) is 5.24. The van der Waals surface area contributed by atoms with Crippen molar-refractivity contribution in [1.29, 1.82) is 0 Å². The van der Waals surface area contributed by atoms with Crippen LogP contribution in [0.25, 0.3) is 0 Å². The van der Waals surface area contributed by atoms with Crippen molar-refractivity contribution in [1.82, 2.24) is 20.1 Å². The summed E-state index contributed by atoms with van der Waals surface area (Å²) in [6.45, 7) is 1.62. The van der Waals surface area contributed by atoms with Gasteiger partial charge < -0.3 is 15.5 Å². The van der Waals surface area contributed by atoms with Crippen molar-refractivity contribution < 1.29 is 4.39 Å². The molecule has 0 aliphatic carbocycles. The number of aromatic nitrogens is 3. The molecule has 0 saturated heterocycles. The van der Waals surface area contributed by atoms with Gasteiger partial charge in [0.05, 0.1) is 11.2 Å². The van der Waals surface area contributed by atoms with Crippen LogP contribution in [0.5, 0.6) is 0 Å². The number of hydrogen-bond acceptors (Lipinski definition) is 6. The molecular formula is C13H16ClFN6. The molecular weight excluding hydrogens is 295 g/mol. The molecule has 0 radical (unpaired) electrons. The number of rotatable bonds is 6. The lowest BCUT2D eigenvalue weighted by Gasteiger charge is -2.11. The summed E-state index contributed by atoms with van der Waals surface area (Å²) in [5.74, 6) is 0.454. The van der Waals surface area contributed by atoms with E-state index in [2.05, 4.69) is 30.7 Å². The van der Waals surface area contributed by atoms with Crippen molar-refractivity contribution >= 4 is 29.1 Å². The number of hydrogen-bond donors (Lipinski definition) is 2. The van der Waals surface area contributed by atoms with Gasteiger partial charge in [-0.2, -0.15) is 10.1 Å². The van der Waals surface area contributed by atoms with Crippen molar-refractivity contribution in [2.75, 3.05) is 37.8 Å². The Balaban J connectivity index is 2.01. The minimum atomic E-state index is -0.472. The van der Waals surface area contributed by atoms with Gasteiger partial charge in [-0.3, -0.25) is 0 Å². The van der Waals surface area contributed by atoms with Crippen LogP contribution < -0.4 is 10.6 Å². The maximum atomic E-state index is 13.1. The number of anilines is 3. The largest absolute Gasteiger partial charge is 0.367 e. The second-order valence-corrected chi connectivity index (χ2v) is 5.06. The highest BCUT2D eigenvalue weighted by molar-refractivity contribution is 6.31. The van der Waals surface area contributed by atoms with Crippen molar-refractivity contribution in [2.24, 2.45) is 0 Å². The molecule has 0 aliphatic rings. The van der Waals surface area contributed by atoms with Crippen LogP contribution in [0.3, 0.4) is 0 Å². The molecule has 0 aliphatic heterocycles. The highest BCUT2D eigenvalue weighted by Gasteiger charge is 2.04. The van der Waals surface area contributed by atoms with Gasteiger partial charge in [-0.1, -0.05) is 11.6 Å². The normalized spacial score (nSPS) is 10.7. The van der Waals surface area contributed by atoms with Gasteiger partial charge in [0.1, 0.15) is 5.82 Å². The van der Waals surface area contributed by atoms with E-state index in [1.54, 1.807) is 12.3 Å². The van der Waals surface area contributed by atoms with Crippen LogP contribution in [0.4, 0.5) is 21.8 Å². The highest BCUT2D eigenvalue weighted by atomic mass is 35.5. The summed E-state index contributed by atoms with van der Waals surface area (Å²) >= 11 is 5.72. The quantitative estimate of drug-likeness (QED) is 0.854. The van der Waals surface area contributed by atoms with E-state index in [0.29, 0.717) is 17.5 Å². The molecule has 2 N–H and O–H groups in total. The fourth-order valence-corrected chi connectivity index (χ4v) is 1.73. The molecule has 0 amide bonds. The van der Waals surface area contributed by atoms with Gasteiger partial charge >= 0.3 is 0 Å². The van der Waals surface area contributed by atoms with Crippen LogP contribution in [0.15, 0.2) is 24.4 Å². The molecule has 0 bridgehead atoms. The fourth-order valence-electron chi connectivity index (χ4n) is 1.55. The first kappa shape index (κ1) is 15.4. The average Bonchev–Trinajstić information content (AvgIpc) is 2.43. The minimum absolute atomic E-state index is 0.0354. The zero-order chi connectivity index (χ0) is 15.2. The molecule has 2 rings (SSSR count). The van der Waals surface area contributed by atoms with Crippen molar-refractivity contribution in [3.05, 3.63) is 35.2 Å². The number of benzene rings is 1. The highest BCUT2D eigenvalue weighted by Crippen LogP contribution is 2.21. The molecule has 1 aromatic carbocycles. The predicted octanol–water partition coefficient (Wildman–Crippen LogP) is 2.38. The van der Waals surface area contributed by atoms with Gasteiger partial charge in [0, 0.05) is 18.8 Å². The van der Waals surface area contributed by atoms with E-state index in [4.69, 9.17) is 11.6 Å². The minimum Gasteiger partial charge on any atom is -0.367 e. The van der Waals surface area contributed by atoms with Gasteiger partial charge in [-0.05, 0) is 32.3 Å². The summed E-state index contributed by atoms with van der Waals surface area (Å²) in [5, 5.41) is 13.8. The van der Waals surface area contributed by atoms with E-state index >= 15 is 0 Å². The zero-order valence-electron chi connectivity index (χ0n) is 11.8.